The first kappa shape index (κ1) is 25.8. The van der Waals surface area contributed by atoms with Gasteiger partial charge in [-0.2, -0.15) is 5.26 Å². The van der Waals surface area contributed by atoms with Crippen molar-refractivity contribution in [1.82, 2.24) is 20.1 Å². The smallest absolute Gasteiger partial charge is 0.407 e. The lowest BCUT2D eigenvalue weighted by molar-refractivity contribution is -0.147. The molecule has 1 aromatic heterocycles. The topological polar surface area (TPSA) is 154 Å². The fourth-order valence-corrected chi connectivity index (χ4v) is 5.29. The fourth-order valence-electron chi connectivity index (χ4n) is 5.29. The number of likely N-dealkylation sites (tertiary alicyclic amines) is 1. The molecule has 5 rings (SSSR count). The highest BCUT2D eigenvalue weighted by Crippen LogP contribution is 2.41. The number of fused-ring (bicyclic) bond motifs is 1. The standard InChI is InChI=1S/C26H32N6O6/c1-31(22(33)19(10-15-5-6-15)30-25(36)37-2)20(11-16-7-8-16)23(34)32-14-26(12-17(32)13-27)24(35)29-18-4-3-9-28-21(18)38-26/h3-4,9,15-17,19-20H,5-8,10-12,14H2,1-2H3,(H,29,35)(H,30,36)/t17-,19-,20-,26+/m0/s1. The minimum Gasteiger partial charge on any atom is -0.457 e. The molecule has 0 radical (unpaired) electrons. The van der Waals surface area contributed by atoms with E-state index in [2.05, 4.69) is 21.7 Å². The second-order valence-corrected chi connectivity index (χ2v) is 10.7. The summed E-state index contributed by atoms with van der Waals surface area (Å²) in [5.41, 5.74) is -1.02. The Balaban J connectivity index is 1.37. The predicted molar refractivity (Wildman–Crippen MR) is 133 cm³/mol. The highest BCUT2D eigenvalue weighted by Gasteiger charge is 2.57. The highest BCUT2D eigenvalue weighted by molar-refractivity contribution is 6.02. The number of carbonyl (C=O) groups excluding carboxylic acids is 4. The van der Waals surface area contributed by atoms with E-state index in [9.17, 15) is 24.4 Å². The quantitative estimate of drug-likeness (QED) is 0.518. The number of nitrogens with one attached hydrogen (secondary N) is 2. The maximum Gasteiger partial charge on any atom is 0.407 e. The van der Waals surface area contributed by atoms with Crippen LogP contribution < -0.4 is 15.4 Å². The Hall–Kier alpha value is -3.88. The van der Waals surface area contributed by atoms with Crippen LogP contribution in [0.5, 0.6) is 5.88 Å². The molecule has 2 saturated carbocycles. The van der Waals surface area contributed by atoms with Crippen molar-refractivity contribution in [2.75, 3.05) is 26.0 Å². The number of anilines is 1. The summed E-state index contributed by atoms with van der Waals surface area (Å²) in [4.78, 5) is 59.6. The van der Waals surface area contributed by atoms with Gasteiger partial charge >= 0.3 is 6.09 Å². The van der Waals surface area contributed by atoms with Gasteiger partial charge in [0.25, 0.3) is 5.91 Å². The Kier molecular flexibility index (Phi) is 6.86. The number of carbonyl (C=O) groups is 4. The summed E-state index contributed by atoms with van der Waals surface area (Å²) < 4.78 is 10.7. The molecule has 0 unspecified atom stereocenters. The first-order valence-corrected chi connectivity index (χ1v) is 13.0. The highest BCUT2D eigenvalue weighted by atomic mass is 16.5. The first-order chi connectivity index (χ1) is 18.2. The Morgan fingerprint density at radius 2 is 2.03 bits per heavy atom. The molecule has 12 nitrogen and oxygen atoms in total. The van der Waals surface area contributed by atoms with Gasteiger partial charge in [-0.3, -0.25) is 14.4 Å². The molecule has 1 saturated heterocycles. The van der Waals surface area contributed by atoms with Crippen LogP contribution in [0.4, 0.5) is 10.5 Å². The number of likely N-dealkylation sites (N-methyl/N-ethyl adjacent to an activating group) is 1. The molecule has 0 bridgehead atoms. The number of methoxy groups -OCH3 is 1. The fraction of sp³-hybridized carbons (Fsp3) is 0.615. The molecule has 3 fully saturated rings. The van der Waals surface area contributed by atoms with E-state index in [0.29, 0.717) is 24.4 Å². The van der Waals surface area contributed by atoms with Crippen LogP contribution in [0.15, 0.2) is 18.3 Å². The molecule has 38 heavy (non-hydrogen) atoms. The molecule has 12 heteroatoms. The number of amides is 4. The van der Waals surface area contributed by atoms with Crippen molar-refractivity contribution < 1.29 is 28.7 Å². The van der Waals surface area contributed by atoms with Crippen LogP contribution in [0.25, 0.3) is 0 Å². The number of nitriles is 1. The van der Waals surface area contributed by atoms with Crippen molar-refractivity contribution in [3.05, 3.63) is 18.3 Å². The lowest BCUT2D eigenvalue weighted by atomic mass is 9.97. The number of ether oxygens (including phenoxy) is 2. The van der Waals surface area contributed by atoms with Gasteiger partial charge in [0.15, 0.2) is 0 Å². The molecule has 4 amide bonds. The summed E-state index contributed by atoms with van der Waals surface area (Å²) in [5.74, 6) is -0.375. The molecule has 4 aliphatic rings. The summed E-state index contributed by atoms with van der Waals surface area (Å²) >= 11 is 0. The minimum atomic E-state index is -1.45. The van der Waals surface area contributed by atoms with Crippen molar-refractivity contribution in [3.63, 3.8) is 0 Å². The Labute approximate surface area is 220 Å². The van der Waals surface area contributed by atoms with Crippen LogP contribution in [0.3, 0.4) is 0 Å². The summed E-state index contributed by atoms with van der Waals surface area (Å²) in [5, 5.41) is 15.3. The maximum absolute atomic E-state index is 14.0. The zero-order chi connectivity index (χ0) is 27.0. The molecule has 3 heterocycles. The van der Waals surface area contributed by atoms with Crippen molar-refractivity contribution in [2.24, 2.45) is 11.8 Å². The first-order valence-electron chi connectivity index (χ1n) is 13.0. The van der Waals surface area contributed by atoms with Gasteiger partial charge in [-0.25, -0.2) is 9.78 Å². The summed E-state index contributed by atoms with van der Waals surface area (Å²) in [6.45, 7) is -0.138. The number of rotatable bonds is 8. The molecule has 4 atom stereocenters. The predicted octanol–water partition coefficient (Wildman–Crippen LogP) is 1.43. The number of hydrogen-bond donors (Lipinski definition) is 2. The molecule has 2 aliphatic carbocycles. The Bertz CT molecular complexity index is 1180. The Morgan fingerprint density at radius 3 is 2.68 bits per heavy atom. The van der Waals surface area contributed by atoms with Crippen molar-refractivity contribution >= 4 is 29.5 Å². The van der Waals surface area contributed by atoms with E-state index >= 15 is 0 Å². The molecule has 1 aromatic rings. The zero-order valence-electron chi connectivity index (χ0n) is 21.5. The molecule has 202 valence electrons. The monoisotopic (exact) mass is 524 g/mol. The van der Waals surface area contributed by atoms with Crippen LogP contribution in [-0.4, -0.2) is 83.0 Å². The minimum absolute atomic E-state index is 0.0148. The van der Waals surface area contributed by atoms with Gasteiger partial charge < -0.3 is 29.9 Å². The second kappa shape index (κ2) is 10.1. The van der Waals surface area contributed by atoms with E-state index in [1.165, 1.54) is 23.1 Å². The normalized spacial score (nSPS) is 25.3. The number of alkyl carbamates (subject to hydrolysis) is 1. The van der Waals surface area contributed by atoms with E-state index in [1.807, 2.05) is 0 Å². The zero-order valence-corrected chi connectivity index (χ0v) is 21.5. The van der Waals surface area contributed by atoms with Crippen LogP contribution in [0, 0.1) is 23.2 Å². The molecular weight excluding hydrogens is 492 g/mol. The SMILES string of the molecule is COC(=O)N[C@@H](CC1CC1)C(=O)N(C)[C@@H](CC1CC1)C(=O)N1C[C@@]2(C[C@H]1C#N)Oc1ncccc1NC2=O. The number of aromatic nitrogens is 1. The van der Waals surface area contributed by atoms with Gasteiger partial charge in [-0.1, -0.05) is 25.7 Å². The average Bonchev–Trinajstić information content (AvgIpc) is 3.85. The molecule has 0 aromatic carbocycles. The lowest BCUT2D eigenvalue weighted by Gasteiger charge is -2.35. The van der Waals surface area contributed by atoms with Crippen molar-refractivity contribution in [3.8, 4) is 11.9 Å². The third kappa shape index (κ3) is 5.10. The third-order valence-corrected chi connectivity index (χ3v) is 7.88. The molecule has 1 spiro atoms. The van der Waals surface area contributed by atoms with Crippen molar-refractivity contribution in [2.45, 2.75) is 68.7 Å². The molecule has 2 aliphatic heterocycles. The summed E-state index contributed by atoms with van der Waals surface area (Å²) in [6, 6.07) is 2.89. The van der Waals surface area contributed by atoms with E-state index in [0.717, 1.165) is 25.7 Å². The number of nitrogens with zero attached hydrogens (tertiary/aromatic N) is 4. The summed E-state index contributed by atoms with van der Waals surface area (Å²) in [7, 11) is 2.79. The van der Waals surface area contributed by atoms with E-state index in [1.54, 1.807) is 19.2 Å². The maximum atomic E-state index is 14.0. The van der Waals surface area contributed by atoms with Gasteiger partial charge in [0.05, 0.1) is 19.7 Å². The van der Waals surface area contributed by atoms with Gasteiger partial charge in [-0.15, -0.1) is 0 Å². The average molecular weight is 525 g/mol. The van der Waals surface area contributed by atoms with Gasteiger partial charge in [0.2, 0.25) is 23.3 Å². The van der Waals surface area contributed by atoms with Crippen LogP contribution in [0.2, 0.25) is 0 Å². The van der Waals surface area contributed by atoms with Gasteiger partial charge in [0, 0.05) is 19.7 Å². The number of pyridine rings is 1. The lowest BCUT2D eigenvalue weighted by Crippen LogP contribution is -2.57. The van der Waals surface area contributed by atoms with E-state index in [4.69, 9.17) is 9.47 Å². The third-order valence-electron chi connectivity index (χ3n) is 7.88. The van der Waals surface area contributed by atoms with Crippen LogP contribution >= 0.6 is 0 Å². The van der Waals surface area contributed by atoms with Gasteiger partial charge in [0.1, 0.15) is 23.8 Å². The Morgan fingerprint density at radius 1 is 1.32 bits per heavy atom. The van der Waals surface area contributed by atoms with E-state index < -0.39 is 41.6 Å². The molecule has 2 N–H and O–H groups in total. The van der Waals surface area contributed by atoms with E-state index in [-0.39, 0.29) is 30.7 Å². The molecular formula is C26H32N6O6. The van der Waals surface area contributed by atoms with Crippen LogP contribution in [0.1, 0.15) is 44.9 Å². The second-order valence-electron chi connectivity index (χ2n) is 10.7. The van der Waals surface area contributed by atoms with Crippen molar-refractivity contribution in [1.29, 1.82) is 5.26 Å². The number of hydrogen-bond acceptors (Lipinski definition) is 8. The summed E-state index contributed by atoms with van der Waals surface area (Å²) in [6.07, 6.45) is 5.61. The van der Waals surface area contributed by atoms with Crippen LogP contribution in [-0.2, 0) is 19.1 Å². The van der Waals surface area contributed by atoms with Gasteiger partial charge in [-0.05, 0) is 36.8 Å². The largest absolute Gasteiger partial charge is 0.457 e.